The van der Waals surface area contributed by atoms with Gasteiger partial charge in [-0.25, -0.2) is 4.79 Å². The van der Waals surface area contributed by atoms with Crippen LogP contribution < -0.4 is 5.73 Å². The summed E-state index contributed by atoms with van der Waals surface area (Å²) < 4.78 is 0. The molecule has 0 radical (unpaired) electrons. The molecule has 0 aromatic heterocycles. The Labute approximate surface area is 53.9 Å². The summed E-state index contributed by atoms with van der Waals surface area (Å²) in [6.45, 7) is 5.24. The van der Waals surface area contributed by atoms with Crippen molar-refractivity contribution in [3.8, 4) is 0 Å². The zero-order valence-corrected chi connectivity index (χ0v) is 5.80. The average Bonchev–Trinajstić information content (AvgIpc) is 1.59. The van der Waals surface area contributed by atoms with Crippen molar-refractivity contribution in [2.24, 2.45) is 5.73 Å². The molecule has 0 unspecified atom stereocenters. The lowest BCUT2D eigenvalue weighted by Crippen LogP contribution is -2.24. The van der Waals surface area contributed by atoms with E-state index < -0.39 is 11.7 Å². The van der Waals surface area contributed by atoms with Crippen molar-refractivity contribution in [3.05, 3.63) is 0 Å². The largest absolute Gasteiger partial charge is 0.436 e. The molecular weight excluding hydrogens is 122 g/mol. The van der Waals surface area contributed by atoms with Crippen LogP contribution in [0, 0.1) is 0 Å². The predicted octanol–water partition coefficient (Wildman–Crippen LogP) is 0.812. The van der Waals surface area contributed by atoms with Crippen molar-refractivity contribution in [2.45, 2.75) is 26.4 Å². The number of hydrogen-bond acceptors (Lipinski definition) is 3. The van der Waals surface area contributed by atoms with Gasteiger partial charge in [0, 0.05) is 0 Å². The van der Waals surface area contributed by atoms with Crippen molar-refractivity contribution in [1.29, 1.82) is 0 Å². The molecule has 4 heteroatoms. The van der Waals surface area contributed by atoms with Gasteiger partial charge in [0.1, 0.15) is 5.60 Å². The third kappa shape index (κ3) is 7.23. The van der Waals surface area contributed by atoms with Crippen LogP contribution in [0.15, 0.2) is 0 Å². The molecule has 0 atom stereocenters. The summed E-state index contributed by atoms with van der Waals surface area (Å²) in [5.41, 5.74) is 4.12. The summed E-state index contributed by atoms with van der Waals surface area (Å²) in [4.78, 5) is 18.5. The second kappa shape index (κ2) is 2.68. The fourth-order valence-electron chi connectivity index (χ4n) is 0.166. The highest BCUT2D eigenvalue weighted by atomic mass is 17.2. The molecule has 0 fully saturated rings. The minimum Gasteiger partial charge on any atom is -0.333 e. The van der Waals surface area contributed by atoms with Gasteiger partial charge in [-0.2, -0.15) is 4.89 Å². The normalized spacial score (nSPS) is 11.0. The number of rotatable bonds is 1. The smallest absolute Gasteiger partial charge is 0.333 e. The zero-order valence-electron chi connectivity index (χ0n) is 5.80. The molecule has 1 amide bonds. The fraction of sp³-hybridized carbons (Fsp3) is 0.800. The number of primary amides is 1. The maximum absolute atomic E-state index is 9.92. The lowest BCUT2D eigenvalue weighted by molar-refractivity contribution is -0.298. The summed E-state index contributed by atoms with van der Waals surface area (Å²) in [5.74, 6) is 0. The Morgan fingerprint density at radius 1 is 1.44 bits per heavy atom. The van der Waals surface area contributed by atoms with E-state index in [2.05, 4.69) is 15.5 Å². The van der Waals surface area contributed by atoms with Crippen LogP contribution in [0.5, 0.6) is 0 Å². The van der Waals surface area contributed by atoms with E-state index in [1.807, 2.05) is 0 Å². The molecule has 0 aliphatic rings. The van der Waals surface area contributed by atoms with Crippen LogP contribution in [-0.2, 0) is 9.78 Å². The molecule has 0 saturated carbocycles. The topological polar surface area (TPSA) is 61.6 Å². The molecule has 2 N–H and O–H groups in total. The van der Waals surface area contributed by atoms with E-state index in [0.717, 1.165) is 0 Å². The van der Waals surface area contributed by atoms with E-state index in [-0.39, 0.29) is 0 Å². The first kappa shape index (κ1) is 8.23. The van der Waals surface area contributed by atoms with Gasteiger partial charge >= 0.3 is 6.09 Å². The number of amides is 1. The quantitative estimate of drug-likeness (QED) is 0.425. The standard InChI is InChI=1S/C5H11NO3/c1-5(2,3)9-8-4(6)7/h1-3H3,(H2,6,7). The predicted molar refractivity (Wildman–Crippen MR) is 31.5 cm³/mol. The lowest BCUT2D eigenvalue weighted by Gasteiger charge is -2.14. The van der Waals surface area contributed by atoms with Gasteiger partial charge in [-0.1, -0.05) is 0 Å². The molecular formula is C5H11NO3. The zero-order chi connectivity index (χ0) is 7.49. The first-order valence-electron chi connectivity index (χ1n) is 2.57. The SMILES string of the molecule is CC(C)(C)OOC(N)=O. The van der Waals surface area contributed by atoms with E-state index in [0.29, 0.717) is 0 Å². The molecule has 0 spiro atoms. The van der Waals surface area contributed by atoms with Gasteiger partial charge in [-0.05, 0) is 20.8 Å². The highest BCUT2D eigenvalue weighted by Gasteiger charge is 2.12. The Bertz CT molecular complexity index is 105. The van der Waals surface area contributed by atoms with Crippen molar-refractivity contribution in [1.82, 2.24) is 0 Å². The summed E-state index contributed by atoms with van der Waals surface area (Å²) in [6.07, 6.45) is -0.926. The Morgan fingerprint density at radius 2 is 1.89 bits per heavy atom. The van der Waals surface area contributed by atoms with Crippen LogP contribution in [0.4, 0.5) is 4.79 Å². The average molecular weight is 133 g/mol. The molecule has 0 aliphatic heterocycles. The van der Waals surface area contributed by atoms with E-state index in [4.69, 9.17) is 0 Å². The van der Waals surface area contributed by atoms with Gasteiger partial charge in [0.25, 0.3) is 0 Å². The summed E-state index contributed by atoms with van der Waals surface area (Å²) in [5, 5.41) is 0. The molecule has 0 aromatic carbocycles. The van der Waals surface area contributed by atoms with Crippen molar-refractivity contribution >= 4 is 6.09 Å². The molecule has 54 valence electrons. The van der Waals surface area contributed by atoms with Gasteiger partial charge in [0.15, 0.2) is 0 Å². The van der Waals surface area contributed by atoms with E-state index in [1.165, 1.54) is 0 Å². The van der Waals surface area contributed by atoms with Crippen molar-refractivity contribution in [3.63, 3.8) is 0 Å². The molecule has 0 aromatic rings. The number of carbonyl (C=O) groups is 1. The van der Waals surface area contributed by atoms with Crippen LogP contribution in [0.2, 0.25) is 0 Å². The first-order chi connectivity index (χ1) is 3.92. The molecule has 0 bridgehead atoms. The number of nitrogens with two attached hydrogens (primary N) is 1. The van der Waals surface area contributed by atoms with Crippen LogP contribution in [0.3, 0.4) is 0 Å². The Hall–Kier alpha value is -0.770. The van der Waals surface area contributed by atoms with E-state index in [1.54, 1.807) is 20.8 Å². The van der Waals surface area contributed by atoms with Crippen LogP contribution in [-0.4, -0.2) is 11.7 Å². The van der Waals surface area contributed by atoms with Gasteiger partial charge in [-0.3, -0.25) is 4.89 Å². The number of hydrogen-bond donors (Lipinski definition) is 1. The van der Waals surface area contributed by atoms with Crippen molar-refractivity contribution in [2.75, 3.05) is 0 Å². The van der Waals surface area contributed by atoms with E-state index >= 15 is 0 Å². The maximum Gasteiger partial charge on any atom is 0.436 e. The molecule has 0 aliphatic carbocycles. The van der Waals surface area contributed by atoms with Gasteiger partial charge in [-0.15, -0.1) is 0 Å². The minimum absolute atomic E-state index is 0.491. The molecule has 0 rings (SSSR count). The highest BCUT2D eigenvalue weighted by Crippen LogP contribution is 2.05. The molecule has 9 heavy (non-hydrogen) atoms. The second-order valence-electron chi connectivity index (χ2n) is 2.60. The minimum atomic E-state index is -0.926. The Morgan fingerprint density at radius 3 is 2.00 bits per heavy atom. The summed E-state index contributed by atoms with van der Waals surface area (Å²) in [6, 6.07) is 0. The number of carbonyl (C=O) groups excluding carboxylic acids is 1. The Kier molecular flexibility index (Phi) is 2.45. The monoisotopic (exact) mass is 133 g/mol. The lowest BCUT2D eigenvalue weighted by atomic mass is 10.2. The van der Waals surface area contributed by atoms with Crippen LogP contribution in [0.1, 0.15) is 20.8 Å². The second-order valence-corrected chi connectivity index (χ2v) is 2.60. The molecule has 4 nitrogen and oxygen atoms in total. The Balaban J connectivity index is 3.39. The van der Waals surface area contributed by atoms with Gasteiger partial charge in [0.05, 0.1) is 0 Å². The third-order valence-electron chi connectivity index (χ3n) is 0.374. The van der Waals surface area contributed by atoms with Crippen molar-refractivity contribution < 1.29 is 14.6 Å². The third-order valence-corrected chi connectivity index (χ3v) is 0.374. The van der Waals surface area contributed by atoms with Gasteiger partial charge < -0.3 is 5.73 Å². The molecule has 0 heterocycles. The van der Waals surface area contributed by atoms with Gasteiger partial charge in [0.2, 0.25) is 0 Å². The molecule has 0 saturated heterocycles. The maximum atomic E-state index is 9.92. The van der Waals surface area contributed by atoms with Crippen LogP contribution in [0.25, 0.3) is 0 Å². The van der Waals surface area contributed by atoms with E-state index in [9.17, 15) is 4.79 Å². The summed E-state index contributed by atoms with van der Waals surface area (Å²) >= 11 is 0. The van der Waals surface area contributed by atoms with Crippen LogP contribution >= 0.6 is 0 Å². The fourth-order valence-corrected chi connectivity index (χ4v) is 0.166. The first-order valence-corrected chi connectivity index (χ1v) is 2.57. The highest BCUT2D eigenvalue weighted by molar-refractivity contribution is 5.63. The summed E-state index contributed by atoms with van der Waals surface area (Å²) in [7, 11) is 0.